The van der Waals surface area contributed by atoms with Crippen molar-refractivity contribution in [2.24, 2.45) is 17.8 Å². The summed E-state index contributed by atoms with van der Waals surface area (Å²) in [6, 6.07) is 1.22. The number of aliphatic carboxylic acids is 1. The Morgan fingerprint density at radius 2 is 1.00 bits per heavy atom. The molecule has 0 aromatic heterocycles. The molecule has 2 aliphatic carbocycles. The summed E-state index contributed by atoms with van der Waals surface area (Å²) >= 11 is 0. The Kier molecular flexibility index (Phi) is 23.5. The topological polar surface area (TPSA) is 53.0 Å². The molecule has 1 N–H and O–H groups in total. The number of hydrogen-bond acceptors (Lipinski definition) is 4. The van der Waals surface area contributed by atoms with Gasteiger partial charge in [0.25, 0.3) is 0 Å². The van der Waals surface area contributed by atoms with Gasteiger partial charge in [0.2, 0.25) is 0 Å². The summed E-state index contributed by atoms with van der Waals surface area (Å²) in [6.45, 7) is 16.2. The Labute approximate surface area is 318 Å². The number of fused-ring (bicyclic) bond motifs is 2. The lowest BCUT2D eigenvalue weighted by Gasteiger charge is -2.50. The van der Waals surface area contributed by atoms with E-state index in [-0.39, 0.29) is 18.1 Å². The smallest absolute Gasteiger partial charge is 0.310 e. The van der Waals surface area contributed by atoms with Crippen LogP contribution in [0.3, 0.4) is 0 Å². The van der Waals surface area contributed by atoms with Gasteiger partial charge in [0.15, 0.2) is 0 Å². The Bertz CT molecular complexity index is 853. The summed E-state index contributed by atoms with van der Waals surface area (Å²) in [5.41, 5.74) is 0. The molecule has 0 aromatic carbocycles. The van der Waals surface area contributed by atoms with Crippen molar-refractivity contribution in [1.82, 2.24) is 9.80 Å². The summed E-state index contributed by atoms with van der Waals surface area (Å²) in [7, 11) is 0. The van der Waals surface area contributed by atoms with Gasteiger partial charge in [-0.15, -0.1) is 0 Å². The zero-order valence-corrected chi connectivity index (χ0v) is 34.8. The number of carbonyl (C=O) groups is 1. The molecule has 5 heteroatoms. The van der Waals surface area contributed by atoms with Crippen LogP contribution in [-0.4, -0.2) is 71.3 Å². The molecule has 0 radical (unpaired) electrons. The first-order valence-electron chi connectivity index (χ1n) is 23.2. The maximum absolute atomic E-state index is 12.8. The van der Waals surface area contributed by atoms with Gasteiger partial charge < -0.3 is 19.6 Å². The molecule has 1 aliphatic heterocycles. The second-order valence-electron chi connectivity index (χ2n) is 17.2. The molecule has 0 spiro atoms. The summed E-state index contributed by atoms with van der Waals surface area (Å²) in [4.78, 5) is 18.2. The van der Waals surface area contributed by atoms with Crippen LogP contribution in [0.25, 0.3) is 0 Å². The van der Waals surface area contributed by atoms with Crippen molar-refractivity contribution in [2.45, 2.75) is 239 Å². The zero-order chi connectivity index (χ0) is 36.7. The maximum Gasteiger partial charge on any atom is 0.310 e. The van der Waals surface area contributed by atoms with E-state index in [1.165, 1.54) is 161 Å². The molecule has 0 bridgehead atoms. The number of unbranched alkanes of at least 4 members (excludes halogenated alkanes) is 17. The molecule has 51 heavy (non-hydrogen) atoms. The number of rotatable bonds is 30. The quantitative estimate of drug-likeness (QED) is 0.0593. The van der Waals surface area contributed by atoms with E-state index in [2.05, 4.69) is 44.4 Å². The van der Waals surface area contributed by atoms with Gasteiger partial charge in [-0.1, -0.05) is 150 Å². The Balaban J connectivity index is 1.49. The average molecular weight is 716 g/mol. The third kappa shape index (κ3) is 15.8. The van der Waals surface area contributed by atoms with E-state index < -0.39 is 5.97 Å². The highest BCUT2D eigenvalue weighted by atomic mass is 16.5. The van der Waals surface area contributed by atoms with Crippen LogP contribution in [0.15, 0.2) is 0 Å². The average Bonchev–Trinajstić information content (AvgIpc) is 3.14. The highest BCUT2D eigenvalue weighted by Gasteiger charge is 2.58. The largest absolute Gasteiger partial charge is 0.481 e. The molecule has 2 saturated carbocycles. The third-order valence-electron chi connectivity index (χ3n) is 13.5. The van der Waals surface area contributed by atoms with E-state index in [4.69, 9.17) is 4.74 Å². The Morgan fingerprint density at radius 1 is 0.588 bits per heavy atom. The van der Waals surface area contributed by atoms with Gasteiger partial charge in [-0.25, -0.2) is 0 Å². The minimum atomic E-state index is -0.557. The Hall–Kier alpha value is -0.780. The molecule has 0 aromatic rings. The van der Waals surface area contributed by atoms with E-state index in [1.807, 2.05) is 0 Å². The molecule has 3 fully saturated rings. The lowest BCUT2D eigenvalue weighted by molar-refractivity contribution is -0.154. The standard InChI is InChI=1S/C46H86N2O3/c1-6-11-14-15-16-17-18-19-20-21-22-23-24-25-26-27-28-38(46(49)50)35-43-41-31-29-39(47(9-4)10-5)36-44(41)51-45-37-40(30-32-42(43)45)48(33-12-7-2)34-13-8-3/h38-42,44-45H,6-37H2,1-5H3/p+1. The minimum absolute atomic E-state index is 0.227. The van der Waals surface area contributed by atoms with E-state index in [1.54, 1.807) is 5.92 Å². The van der Waals surface area contributed by atoms with Crippen LogP contribution in [0.4, 0.5) is 0 Å². The van der Waals surface area contributed by atoms with Crippen LogP contribution in [0.5, 0.6) is 0 Å². The van der Waals surface area contributed by atoms with Gasteiger partial charge in [-0.05, 0) is 84.0 Å². The van der Waals surface area contributed by atoms with Crippen LogP contribution in [0.2, 0.25) is 0 Å². The van der Waals surface area contributed by atoms with Crippen LogP contribution in [0.1, 0.15) is 214 Å². The van der Waals surface area contributed by atoms with Crippen molar-refractivity contribution in [3.05, 3.63) is 5.92 Å². The maximum atomic E-state index is 12.8. The van der Waals surface area contributed by atoms with Crippen LogP contribution >= 0.6 is 0 Å². The number of hydrogen-bond donors (Lipinski definition) is 1. The van der Waals surface area contributed by atoms with Crippen molar-refractivity contribution < 1.29 is 14.6 Å². The highest BCUT2D eigenvalue weighted by Crippen LogP contribution is 2.52. The molecular weight excluding hydrogens is 629 g/mol. The molecule has 298 valence electrons. The Morgan fingerprint density at radius 3 is 1.41 bits per heavy atom. The SMILES string of the molecule is CCCCCCCCCCCCCCCCCCC(C[C+]1C2CCC(N(CC)CC)CC2OC2CC(N(CCCC)CCCC)CCC12)C(=O)O. The summed E-state index contributed by atoms with van der Waals surface area (Å²) < 4.78 is 7.20. The van der Waals surface area contributed by atoms with E-state index >= 15 is 0 Å². The first-order chi connectivity index (χ1) is 25.0. The van der Waals surface area contributed by atoms with Crippen LogP contribution in [-0.2, 0) is 9.53 Å². The predicted octanol–water partition coefficient (Wildman–Crippen LogP) is 12.7. The van der Waals surface area contributed by atoms with Crippen molar-refractivity contribution in [2.75, 3.05) is 26.2 Å². The fraction of sp³-hybridized carbons (Fsp3) is 0.957. The van der Waals surface area contributed by atoms with Gasteiger partial charge in [-0.3, -0.25) is 4.79 Å². The summed E-state index contributed by atoms with van der Waals surface area (Å²) in [6.07, 6.45) is 36.1. The molecule has 1 heterocycles. The van der Waals surface area contributed by atoms with Gasteiger partial charge in [0.05, 0.1) is 5.92 Å². The summed E-state index contributed by atoms with van der Waals surface area (Å²) in [5.74, 6) is 1.75. The number of nitrogens with zero attached hydrogens (tertiary/aromatic N) is 2. The minimum Gasteiger partial charge on any atom is -0.481 e. The van der Waals surface area contributed by atoms with E-state index in [0.29, 0.717) is 23.9 Å². The zero-order valence-electron chi connectivity index (χ0n) is 34.8. The van der Waals surface area contributed by atoms with E-state index in [0.717, 1.165) is 45.2 Å². The van der Waals surface area contributed by atoms with E-state index in [9.17, 15) is 9.90 Å². The molecule has 5 nitrogen and oxygen atoms in total. The number of carboxylic acid groups (broad SMARTS) is 1. The van der Waals surface area contributed by atoms with Gasteiger partial charge in [0, 0.05) is 12.1 Å². The number of carboxylic acids is 1. The second-order valence-corrected chi connectivity index (χ2v) is 17.2. The van der Waals surface area contributed by atoms with Crippen LogP contribution in [0, 0.1) is 23.7 Å². The monoisotopic (exact) mass is 716 g/mol. The fourth-order valence-corrected chi connectivity index (χ4v) is 10.3. The van der Waals surface area contributed by atoms with Crippen molar-refractivity contribution in [3.63, 3.8) is 0 Å². The van der Waals surface area contributed by atoms with Crippen molar-refractivity contribution in [3.8, 4) is 0 Å². The predicted molar refractivity (Wildman–Crippen MR) is 218 cm³/mol. The molecule has 7 atom stereocenters. The second kappa shape index (κ2) is 26.9. The normalized spacial score (nSPS) is 25.7. The molecular formula is C46H87N2O3+. The first kappa shape index (κ1) is 44.6. The van der Waals surface area contributed by atoms with Gasteiger partial charge >= 0.3 is 5.97 Å². The number of ether oxygens (including phenoxy) is 1. The highest BCUT2D eigenvalue weighted by molar-refractivity contribution is 5.70. The molecule has 0 amide bonds. The van der Waals surface area contributed by atoms with Crippen molar-refractivity contribution in [1.29, 1.82) is 0 Å². The third-order valence-corrected chi connectivity index (χ3v) is 13.5. The lowest BCUT2D eigenvalue weighted by atomic mass is 9.61. The fourth-order valence-electron chi connectivity index (χ4n) is 10.3. The van der Waals surface area contributed by atoms with Gasteiger partial charge in [0.1, 0.15) is 36.4 Å². The molecule has 3 rings (SSSR count). The molecule has 1 saturated heterocycles. The first-order valence-corrected chi connectivity index (χ1v) is 23.2. The van der Waals surface area contributed by atoms with Gasteiger partial charge in [-0.2, -0.15) is 0 Å². The van der Waals surface area contributed by atoms with Crippen molar-refractivity contribution >= 4 is 5.97 Å². The molecule has 7 unspecified atom stereocenters. The lowest BCUT2D eigenvalue weighted by Crippen LogP contribution is -2.56. The summed E-state index contributed by atoms with van der Waals surface area (Å²) in [5, 5.41) is 10.5. The molecule has 3 aliphatic rings. The van der Waals surface area contributed by atoms with Crippen LogP contribution < -0.4 is 0 Å².